The van der Waals surface area contributed by atoms with Crippen LogP contribution in [0, 0.1) is 17.8 Å². The summed E-state index contributed by atoms with van der Waals surface area (Å²) < 4.78 is 0. The highest BCUT2D eigenvalue weighted by Gasteiger charge is 2.36. The second kappa shape index (κ2) is 9.17. The molecule has 2 fully saturated rings. The van der Waals surface area contributed by atoms with Gasteiger partial charge in [0.05, 0.1) is 16.8 Å². The van der Waals surface area contributed by atoms with Gasteiger partial charge in [0.1, 0.15) is 0 Å². The minimum absolute atomic E-state index is 0.0928. The van der Waals surface area contributed by atoms with Crippen LogP contribution in [0.15, 0.2) is 0 Å². The van der Waals surface area contributed by atoms with Gasteiger partial charge in [-0.3, -0.25) is 9.59 Å². The molecule has 2 saturated carbocycles. The van der Waals surface area contributed by atoms with Crippen molar-refractivity contribution in [1.29, 1.82) is 0 Å². The molecule has 160 valence electrons. The van der Waals surface area contributed by atoms with Gasteiger partial charge in [0.2, 0.25) is 5.91 Å². The first-order chi connectivity index (χ1) is 14.0. The molecule has 29 heavy (non-hydrogen) atoms. The number of carbonyl (C=O) groups excluding carboxylic acids is 1. The quantitative estimate of drug-likeness (QED) is 0.624. The van der Waals surface area contributed by atoms with E-state index in [1.807, 2.05) is 0 Å². The molecule has 2 unspecified atom stereocenters. The van der Waals surface area contributed by atoms with Crippen LogP contribution in [0.1, 0.15) is 80.7 Å². The number of anilines is 1. The van der Waals surface area contributed by atoms with Crippen molar-refractivity contribution in [2.75, 3.05) is 5.32 Å². The van der Waals surface area contributed by atoms with E-state index in [4.69, 9.17) is 0 Å². The van der Waals surface area contributed by atoms with E-state index < -0.39 is 17.8 Å². The fourth-order valence-electron chi connectivity index (χ4n) is 5.41. The zero-order valence-corrected chi connectivity index (χ0v) is 18.3. The van der Waals surface area contributed by atoms with Crippen molar-refractivity contribution < 1.29 is 14.7 Å². The van der Waals surface area contributed by atoms with E-state index in [1.165, 1.54) is 48.1 Å². The van der Waals surface area contributed by atoms with Crippen molar-refractivity contribution >= 4 is 28.2 Å². The molecule has 4 rings (SSSR count). The summed E-state index contributed by atoms with van der Waals surface area (Å²) in [4.78, 5) is 26.0. The van der Waals surface area contributed by atoms with Gasteiger partial charge in [-0.1, -0.05) is 19.8 Å². The molecular formula is C23H34N2O3S. The van der Waals surface area contributed by atoms with E-state index in [2.05, 4.69) is 17.6 Å². The lowest BCUT2D eigenvalue weighted by molar-refractivity contribution is -0.147. The molecule has 0 aliphatic heterocycles. The second-order valence-corrected chi connectivity index (χ2v) is 10.4. The summed E-state index contributed by atoms with van der Waals surface area (Å²) in [6.45, 7) is 3.15. The van der Waals surface area contributed by atoms with E-state index in [0.29, 0.717) is 18.9 Å². The first kappa shape index (κ1) is 20.9. The van der Waals surface area contributed by atoms with Crippen molar-refractivity contribution in [2.24, 2.45) is 17.8 Å². The molecule has 5 nitrogen and oxygen atoms in total. The van der Waals surface area contributed by atoms with Gasteiger partial charge < -0.3 is 15.7 Å². The second-order valence-electron chi connectivity index (χ2n) is 9.33. The van der Waals surface area contributed by atoms with Gasteiger partial charge in [-0.2, -0.15) is 0 Å². The van der Waals surface area contributed by atoms with Crippen molar-refractivity contribution in [3.05, 3.63) is 16.0 Å². The fourth-order valence-corrected chi connectivity index (χ4v) is 6.72. The smallest absolute Gasteiger partial charge is 0.307 e. The van der Waals surface area contributed by atoms with Crippen molar-refractivity contribution in [2.45, 2.75) is 90.1 Å². The van der Waals surface area contributed by atoms with Gasteiger partial charge in [0.15, 0.2) is 0 Å². The predicted octanol–water partition coefficient (Wildman–Crippen LogP) is 4.73. The van der Waals surface area contributed by atoms with Crippen LogP contribution in [0.3, 0.4) is 0 Å². The molecule has 3 aliphatic carbocycles. The Balaban J connectivity index is 1.46. The van der Waals surface area contributed by atoms with Gasteiger partial charge in [-0.15, -0.1) is 11.3 Å². The van der Waals surface area contributed by atoms with Gasteiger partial charge in [0.25, 0.3) is 0 Å². The highest BCUT2D eigenvalue weighted by molar-refractivity contribution is 7.16. The molecular weight excluding hydrogens is 384 g/mol. The number of aryl methyl sites for hydroxylation is 1. The summed E-state index contributed by atoms with van der Waals surface area (Å²) in [7, 11) is 0. The first-order valence-corrected chi connectivity index (χ1v) is 12.2. The first-order valence-electron chi connectivity index (χ1n) is 11.4. The number of hydrogen-bond donors (Lipinski definition) is 3. The van der Waals surface area contributed by atoms with Crippen LogP contribution in [-0.2, 0) is 29.0 Å². The molecule has 1 aromatic rings. The summed E-state index contributed by atoms with van der Waals surface area (Å²) in [5.41, 5.74) is 2.69. The average Bonchev–Trinajstić information content (AvgIpc) is 3.29. The van der Waals surface area contributed by atoms with E-state index in [9.17, 15) is 14.7 Å². The summed E-state index contributed by atoms with van der Waals surface area (Å²) in [6, 6.07) is 0.571. The molecule has 0 aromatic carbocycles. The molecule has 0 bridgehead atoms. The Kier molecular flexibility index (Phi) is 6.60. The lowest BCUT2D eigenvalue weighted by Gasteiger charge is -2.28. The number of carboxylic acid groups (broad SMARTS) is 1. The Morgan fingerprint density at radius 1 is 1.00 bits per heavy atom. The van der Waals surface area contributed by atoms with Gasteiger partial charge in [-0.25, -0.2) is 0 Å². The maximum Gasteiger partial charge on any atom is 0.307 e. The van der Waals surface area contributed by atoms with Crippen LogP contribution in [0.25, 0.3) is 0 Å². The summed E-state index contributed by atoms with van der Waals surface area (Å²) in [5.74, 6) is -1.03. The molecule has 3 N–H and O–H groups in total. The molecule has 6 heteroatoms. The molecule has 1 amide bonds. The third kappa shape index (κ3) is 4.69. The van der Waals surface area contributed by atoms with E-state index in [-0.39, 0.29) is 5.91 Å². The Hall–Kier alpha value is -1.40. The van der Waals surface area contributed by atoms with Crippen LogP contribution < -0.4 is 10.6 Å². The van der Waals surface area contributed by atoms with E-state index >= 15 is 0 Å². The maximum absolute atomic E-state index is 13.0. The number of carboxylic acids is 1. The van der Waals surface area contributed by atoms with Gasteiger partial charge in [0, 0.05) is 23.0 Å². The standard InChI is InChI=1S/C23H34N2O3S/c1-14-9-11-15(12-10-14)24-13-19-16-7-4-8-20(16)29-22(19)25-21(26)17-5-2-3-6-18(17)23(27)28/h14-15,17-18,24H,2-13H2,1H3,(H,25,26)(H,27,28). The Morgan fingerprint density at radius 2 is 1.72 bits per heavy atom. The molecule has 0 spiro atoms. The normalized spacial score (nSPS) is 29.4. The number of fused-ring (bicyclic) bond motifs is 1. The third-order valence-corrected chi connectivity index (χ3v) is 8.52. The number of rotatable bonds is 6. The molecule has 3 aliphatic rings. The lowest BCUT2D eigenvalue weighted by Crippen LogP contribution is -2.36. The van der Waals surface area contributed by atoms with Crippen molar-refractivity contribution in [3.8, 4) is 0 Å². The number of carbonyl (C=O) groups is 2. The fraction of sp³-hybridized carbons (Fsp3) is 0.739. The summed E-state index contributed by atoms with van der Waals surface area (Å²) in [6.07, 6.45) is 11.6. The summed E-state index contributed by atoms with van der Waals surface area (Å²) in [5, 5.41) is 17.4. The molecule has 2 atom stereocenters. The van der Waals surface area contributed by atoms with Crippen LogP contribution in [0.4, 0.5) is 5.00 Å². The molecule has 1 aromatic heterocycles. The molecule has 0 saturated heterocycles. The maximum atomic E-state index is 13.0. The van der Waals surface area contributed by atoms with Crippen molar-refractivity contribution in [1.82, 2.24) is 5.32 Å². The monoisotopic (exact) mass is 418 g/mol. The van der Waals surface area contributed by atoms with Crippen LogP contribution in [-0.4, -0.2) is 23.0 Å². The number of aliphatic carboxylic acids is 1. The Morgan fingerprint density at radius 3 is 2.45 bits per heavy atom. The predicted molar refractivity (Wildman–Crippen MR) is 116 cm³/mol. The Bertz CT molecular complexity index is 752. The van der Waals surface area contributed by atoms with Gasteiger partial charge >= 0.3 is 5.97 Å². The zero-order chi connectivity index (χ0) is 20.4. The highest BCUT2D eigenvalue weighted by Crippen LogP contribution is 2.40. The Labute approximate surface area is 177 Å². The van der Waals surface area contributed by atoms with Crippen molar-refractivity contribution in [3.63, 3.8) is 0 Å². The van der Waals surface area contributed by atoms with E-state index in [1.54, 1.807) is 11.3 Å². The SMILES string of the molecule is CC1CCC(NCc2c(NC(=O)C3CCCCC3C(=O)O)sc3c2CCC3)CC1. The summed E-state index contributed by atoms with van der Waals surface area (Å²) >= 11 is 1.72. The van der Waals surface area contributed by atoms with Crippen LogP contribution >= 0.6 is 11.3 Å². The minimum Gasteiger partial charge on any atom is -0.481 e. The number of nitrogens with one attached hydrogen (secondary N) is 2. The molecule has 1 heterocycles. The van der Waals surface area contributed by atoms with Gasteiger partial charge in [-0.05, 0) is 69.3 Å². The largest absolute Gasteiger partial charge is 0.481 e. The van der Waals surface area contributed by atoms with Crippen LogP contribution in [0.2, 0.25) is 0 Å². The zero-order valence-electron chi connectivity index (χ0n) is 17.5. The minimum atomic E-state index is -0.827. The van der Waals surface area contributed by atoms with Crippen LogP contribution in [0.5, 0.6) is 0 Å². The number of thiophene rings is 1. The third-order valence-electron chi connectivity index (χ3n) is 7.27. The lowest BCUT2D eigenvalue weighted by atomic mass is 9.79. The highest BCUT2D eigenvalue weighted by atomic mass is 32.1. The topological polar surface area (TPSA) is 78.4 Å². The number of hydrogen-bond acceptors (Lipinski definition) is 4. The van der Waals surface area contributed by atoms with E-state index in [0.717, 1.165) is 43.1 Å². The average molecular weight is 419 g/mol. The molecule has 0 radical (unpaired) electrons. The number of amides is 1.